The second-order valence-electron chi connectivity index (χ2n) is 6.58. The number of pyridine rings is 1. The number of oxime groups is 1. The molecule has 0 amide bonds. The summed E-state index contributed by atoms with van der Waals surface area (Å²) in [5.41, 5.74) is 2.62. The van der Waals surface area contributed by atoms with Crippen LogP contribution in [0.3, 0.4) is 0 Å². The fourth-order valence-corrected chi connectivity index (χ4v) is 4.01. The highest BCUT2D eigenvalue weighted by Crippen LogP contribution is 2.33. The van der Waals surface area contributed by atoms with Gasteiger partial charge in [-0.2, -0.15) is 4.73 Å². The Labute approximate surface area is 225 Å². The van der Waals surface area contributed by atoms with Crippen molar-refractivity contribution < 1.29 is 19.9 Å². The summed E-state index contributed by atoms with van der Waals surface area (Å²) in [6.45, 7) is 0. The molecule has 0 unspecified atom stereocenters. The number of benzene rings is 2. The molecule has 0 radical (unpaired) electrons. The number of nitrogens with zero attached hydrogens (tertiary/aromatic N) is 4. The molecule has 174 valence electrons. The van der Waals surface area contributed by atoms with Gasteiger partial charge in [-0.05, 0) is 65.1 Å². The molecule has 0 bridgehead atoms. The first-order valence-electron chi connectivity index (χ1n) is 9.54. The predicted octanol–water partition coefficient (Wildman–Crippen LogP) is 6.32. The van der Waals surface area contributed by atoms with Crippen LogP contribution in [0.4, 0.5) is 0 Å². The Morgan fingerprint density at radius 1 is 1.06 bits per heavy atom. The zero-order valence-corrected chi connectivity index (χ0v) is 22.9. The number of ketones is 1. The molecule has 34 heavy (non-hydrogen) atoms. The highest BCUT2D eigenvalue weighted by atomic mass is 127. The van der Waals surface area contributed by atoms with E-state index in [2.05, 4.69) is 69.6 Å². The molecule has 4 rings (SSSR count). The third-order valence-corrected chi connectivity index (χ3v) is 6.42. The monoisotopic (exact) mass is 698 g/mol. The molecule has 0 aliphatic heterocycles. The van der Waals surface area contributed by atoms with Crippen molar-refractivity contribution in [2.45, 2.75) is 0 Å². The van der Waals surface area contributed by atoms with Crippen LogP contribution in [0.2, 0.25) is 0 Å². The number of rotatable bonds is 5. The lowest BCUT2D eigenvalue weighted by molar-refractivity contribution is 0.106. The van der Waals surface area contributed by atoms with Gasteiger partial charge >= 0.3 is 0 Å². The van der Waals surface area contributed by atoms with E-state index in [0.717, 1.165) is 29.0 Å². The summed E-state index contributed by atoms with van der Waals surface area (Å²) >= 11 is 8.80. The van der Waals surface area contributed by atoms with Crippen LogP contribution in [0.25, 0.3) is 22.6 Å². The van der Waals surface area contributed by atoms with Gasteiger partial charge in [0, 0.05) is 29.8 Å². The second kappa shape index (κ2) is 12.1. The maximum Gasteiger partial charge on any atom is 0.225 e. The lowest BCUT2D eigenvalue weighted by atomic mass is 10.1. The molecule has 2 aromatic heterocycles. The van der Waals surface area contributed by atoms with Crippen molar-refractivity contribution in [3.05, 3.63) is 85.1 Å². The number of imidazole rings is 1. The number of carbonyl (C=O) groups is 1. The number of methoxy groups -OCH3 is 1. The average Bonchev–Trinajstić information content (AvgIpc) is 3.21. The van der Waals surface area contributed by atoms with E-state index < -0.39 is 0 Å². The van der Waals surface area contributed by atoms with Gasteiger partial charge in [-0.3, -0.25) is 4.79 Å². The van der Waals surface area contributed by atoms with Crippen molar-refractivity contribution in [3.8, 4) is 28.5 Å². The first-order valence-corrected chi connectivity index (χ1v) is 12.2. The molecule has 0 atom stereocenters. The minimum absolute atomic E-state index is 0.315. The van der Waals surface area contributed by atoms with Crippen molar-refractivity contribution in [1.82, 2.24) is 14.7 Å². The Balaban J connectivity index is 0.000000229. The van der Waals surface area contributed by atoms with E-state index >= 15 is 0 Å². The van der Waals surface area contributed by atoms with E-state index in [0.29, 0.717) is 28.5 Å². The lowest BCUT2D eigenvalue weighted by Crippen LogP contribution is -2.01. The number of Topliss-reactive ketones (excluding diaryl/α,β-unsaturated/α-hetero) is 1. The van der Waals surface area contributed by atoms with E-state index in [9.17, 15) is 10.0 Å². The summed E-state index contributed by atoms with van der Waals surface area (Å²) in [5, 5.41) is 21.2. The molecule has 2 heterocycles. The fraction of sp³-hybridized carbons (Fsp3) is 0.0435. The highest BCUT2D eigenvalue weighted by Gasteiger charge is 2.19. The quantitative estimate of drug-likeness (QED) is 0.0631. The number of halogens is 3. The standard InChI is InChI=1S/C15H11BrIN3O2.C8H6BrNO2/c1-22-15-13(11(17)6-7-18-15)14-19-8-12(20(14)21)9-2-4-10(16)5-3-9;9-7-3-1-6(2-4-7)8(11)5-10-12/h2-8,21H,1H3;1-5,12H/b;10-5+. The third-order valence-electron chi connectivity index (χ3n) is 4.46. The van der Waals surface area contributed by atoms with Gasteiger partial charge in [0.25, 0.3) is 0 Å². The predicted molar refractivity (Wildman–Crippen MR) is 144 cm³/mol. The molecule has 0 saturated heterocycles. The number of aromatic nitrogens is 3. The first kappa shape index (κ1) is 25.8. The van der Waals surface area contributed by atoms with Crippen molar-refractivity contribution in [3.63, 3.8) is 0 Å². The van der Waals surface area contributed by atoms with Gasteiger partial charge in [-0.25, -0.2) is 9.97 Å². The van der Waals surface area contributed by atoms with E-state index in [1.807, 2.05) is 30.3 Å². The number of carbonyl (C=O) groups excluding carboxylic acids is 1. The number of hydrogen-bond donors (Lipinski definition) is 2. The van der Waals surface area contributed by atoms with Crippen LogP contribution in [-0.4, -0.2) is 44.2 Å². The summed E-state index contributed by atoms with van der Waals surface area (Å²) in [6.07, 6.45) is 4.15. The van der Waals surface area contributed by atoms with Gasteiger partial charge in [-0.15, -0.1) is 0 Å². The summed E-state index contributed by atoms with van der Waals surface area (Å²) in [6, 6.07) is 16.3. The molecule has 0 spiro atoms. The Morgan fingerprint density at radius 2 is 1.68 bits per heavy atom. The van der Waals surface area contributed by atoms with Gasteiger partial charge in [0.2, 0.25) is 11.7 Å². The molecule has 2 aromatic carbocycles. The Kier molecular flexibility index (Phi) is 9.19. The minimum atomic E-state index is -0.315. The Morgan fingerprint density at radius 3 is 2.26 bits per heavy atom. The average molecular weight is 700 g/mol. The molecule has 8 nitrogen and oxygen atoms in total. The maximum atomic E-state index is 11.0. The van der Waals surface area contributed by atoms with Crippen molar-refractivity contribution in [2.75, 3.05) is 7.11 Å². The maximum absolute atomic E-state index is 11.0. The number of hydrogen-bond acceptors (Lipinski definition) is 7. The largest absolute Gasteiger partial charge is 0.480 e. The topological polar surface area (TPSA) is 110 Å². The lowest BCUT2D eigenvalue weighted by Gasteiger charge is -2.09. The zero-order valence-electron chi connectivity index (χ0n) is 17.6. The van der Waals surface area contributed by atoms with Crippen LogP contribution >= 0.6 is 54.5 Å². The second-order valence-corrected chi connectivity index (χ2v) is 9.57. The molecule has 0 fully saturated rings. The van der Waals surface area contributed by atoms with Crippen molar-refractivity contribution >= 4 is 66.4 Å². The van der Waals surface area contributed by atoms with Gasteiger partial charge in [0.15, 0.2) is 5.82 Å². The normalized spacial score (nSPS) is 10.6. The van der Waals surface area contributed by atoms with E-state index in [1.54, 1.807) is 43.8 Å². The van der Waals surface area contributed by atoms with Crippen LogP contribution in [-0.2, 0) is 0 Å². The van der Waals surface area contributed by atoms with Crippen LogP contribution in [0.5, 0.6) is 5.88 Å². The smallest absolute Gasteiger partial charge is 0.225 e. The molecule has 0 aliphatic rings. The Hall–Kier alpha value is -2.77. The van der Waals surface area contributed by atoms with Gasteiger partial charge in [0.05, 0.1) is 18.9 Å². The van der Waals surface area contributed by atoms with Crippen molar-refractivity contribution in [1.29, 1.82) is 0 Å². The molecule has 11 heteroatoms. The SMILES string of the molecule is COc1nccc(I)c1-c1ncc(-c2ccc(Br)cc2)n1O.O=C(/C=N/O)c1ccc(Br)cc1. The molecule has 0 saturated carbocycles. The van der Waals surface area contributed by atoms with Gasteiger partial charge in [0.1, 0.15) is 11.9 Å². The zero-order chi connectivity index (χ0) is 24.7. The van der Waals surface area contributed by atoms with E-state index in [4.69, 9.17) is 9.94 Å². The summed E-state index contributed by atoms with van der Waals surface area (Å²) < 4.78 is 9.11. The van der Waals surface area contributed by atoms with Crippen molar-refractivity contribution in [2.24, 2.45) is 5.16 Å². The van der Waals surface area contributed by atoms with Crippen LogP contribution in [0, 0.1) is 3.57 Å². The van der Waals surface area contributed by atoms with Crippen LogP contribution < -0.4 is 4.74 Å². The number of ether oxygens (including phenoxy) is 1. The Bertz CT molecular complexity index is 1310. The van der Waals surface area contributed by atoms with Gasteiger partial charge < -0.3 is 15.2 Å². The molecule has 0 aliphatic carbocycles. The van der Waals surface area contributed by atoms with Crippen LogP contribution in [0.15, 0.2) is 81.1 Å². The fourth-order valence-electron chi connectivity index (χ4n) is 2.85. The molecule has 4 aromatic rings. The highest BCUT2D eigenvalue weighted by molar-refractivity contribution is 14.1. The van der Waals surface area contributed by atoms with Crippen LogP contribution in [0.1, 0.15) is 10.4 Å². The van der Waals surface area contributed by atoms with E-state index in [-0.39, 0.29) is 5.78 Å². The first-order chi connectivity index (χ1) is 16.3. The molecule has 2 N–H and O–H groups in total. The minimum Gasteiger partial charge on any atom is -0.480 e. The third kappa shape index (κ3) is 6.21. The van der Waals surface area contributed by atoms with Gasteiger partial charge in [-0.1, -0.05) is 49.1 Å². The summed E-state index contributed by atoms with van der Waals surface area (Å²) in [5.74, 6) is 0.507. The summed E-state index contributed by atoms with van der Waals surface area (Å²) in [4.78, 5) is 19.5. The molecular weight excluding hydrogens is 683 g/mol. The van der Waals surface area contributed by atoms with E-state index in [1.165, 1.54) is 0 Å². The molecular formula is C23H17Br2IN4O4. The summed E-state index contributed by atoms with van der Waals surface area (Å²) in [7, 11) is 1.54.